The third kappa shape index (κ3) is 3.91. The van der Waals surface area contributed by atoms with Crippen molar-refractivity contribution in [1.29, 1.82) is 0 Å². The van der Waals surface area contributed by atoms with E-state index in [0.717, 1.165) is 63.0 Å². The maximum Gasteiger partial charge on any atom is 0.114 e. The normalized spacial score (nSPS) is 21.2. The molecule has 29 heavy (non-hydrogen) atoms. The first-order valence-corrected chi connectivity index (χ1v) is 11.3. The highest BCUT2D eigenvalue weighted by atomic mass is 35.5. The molecule has 1 aromatic heterocycles. The van der Waals surface area contributed by atoms with Gasteiger partial charge in [-0.3, -0.25) is 4.90 Å². The molecule has 0 aliphatic carbocycles. The molecule has 3 aromatic rings. The van der Waals surface area contributed by atoms with Crippen LogP contribution in [-0.2, 0) is 6.54 Å². The molecule has 2 saturated heterocycles. The van der Waals surface area contributed by atoms with Gasteiger partial charge in [0.2, 0.25) is 0 Å². The van der Waals surface area contributed by atoms with E-state index in [9.17, 15) is 0 Å². The highest BCUT2D eigenvalue weighted by molar-refractivity contribution is 6.42. The summed E-state index contributed by atoms with van der Waals surface area (Å²) in [6.45, 7) is 5.29. The molecular formula is C23H26Cl2N4. The number of fused-ring (bicyclic) bond motifs is 1. The van der Waals surface area contributed by atoms with Gasteiger partial charge in [0, 0.05) is 38.1 Å². The van der Waals surface area contributed by atoms with Gasteiger partial charge >= 0.3 is 0 Å². The molecule has 1 atom stereocenters. The number of rotatable bonds is 4. The molecule has 2 aliphatic rings. The number of likely N-dealkylation sites (tertiary alicyclic amines) is 1. The fourth-order valence-corrected chi connectivity index (χ4v) is 5.15. The lowest BCUT2D eigenvalue weighted by atomic mass is 10.0. The summed E-state index contributed by atoms with van der Waals surface area (Å²) >= 11 is 12.7. The van der Waals surface area contributed by atoms with Gasteiger partial charge in [-0.05, 0) is 43.5 Å². The SMILES string of the molecule is Clc1cc2nc(C3CCNC3)n(C3CCN(Cc4ccccc4)CC3)c2cc1Cl. The number of imidazole rings is 1. The summed E-state index contributed by atoms with van der Waals surface area (Å²) in [4.78, 5) is 7.59. The van der Waals surface area contributed by atoms with E-state index in [-0.39, 0.29) is 0 Å². The van der Waals surface area contributed by atoms with Crippen LogP contribution in [0.4, 0.5) is 0 Å². The largest absolute Gasteiger partial charge is 0.324 e. The lowest BCUT2D eigenvalue weighted by Gasteiger charge is -2.34. The second-order valence-electron chi connectivity index (χ2n) is 8.28. The minimum atomic E-state index is 0.458. The average Bonchev–Trinajstić information content (AvgIpc) is 3.38. The van der Waals surface area contributed by atoms with Crippen LogP contribution in [0.5, 0.6) is 0 Å². The number of aromatic nitrogens is 2. The Morgan fingerprint density at radius 3 is 2.48 bits per heavy atom. The van der Waals surface area contributed by atoms with E-state index in [0.29, 0.717) is 22.0 Å². The van der Waals surface area contributed by atoms with E-state index in [1.165, 1.54) is 11.4 Å². The summed E-state index contributed by atoms with van der Waals surface area (Å²) in [6, 6.07) is 15.1. The van der Waals surface area contributed by atoms with E-state index in [1.54, 1.807) is 0 Å². The van der Waals surface area contributed by atoms with Crippen molar-refractivity contribution < 1.29 is 0 Å². The highest BCUT2D eigenvalue weighted by Crippen LogP contribution is 2.36. The van der Waals surface area contributed by atoms with Gasteiger partial charge in [0.1, 0.15) is 5.82 Å². The highest BCUT2D eigenvalue weighted by Gasteiger charge is 2.29. The summed E-state index contributed by atoms with van der Waals surface area (Å²) in [5.41, 5.74) is 3.48. The summed E-state index contributed by atoms with van der Waals surface area (Å²) in [5, 5.41) is 4.68. The number of hydrogen-bond donors (Lipinski definition) is 1. The van der Waals surface area contributed by atoms with Crippen molar-refractivity contribution in [2.45, 2.75) is 37.8 Å². The maximum absolute atomic E-state index is 6.39. The van der Waals surface area contributed by atoms with E-state index >= 15 is 0 Å². The Bertz CT molecular complexity index is 987. The minimum Gasteiger partial charge on any atom is -0.324 e. The Kier molecular flexibility index (Phi) is 5.53. The van der Waals surface area contributed by atoms with Crippen molar-refractivity contribution in [2.75, 3.05) is 26.2 Å². The number of hydrogen-bond acceptors (Lipinski definition) is 3. The number of nitrogens with one attached hydrogen (secondary N) is 1. The molecule has 4 nitrogen and oxygen atoms in total. The monoisotopic (exact) mass is 428 g/mol. The summed E-state index contributed by atoms with van der Waals surface area (Å²) < 4.78 is 2.48. The van der Waals surface area contributed by atoms with Crippen LogP contribution in [-0.4, -0.2) is 40.6 Å². The van der Waals surface area contributed by atoms with Gasteiger partial charge in [0.15, 0.2) is 0 Å². The maximum atomic E-state index is 6.39. The van der Waals surface area contributed by atoms with Crippen LogP contribution in [0.15, 0.2) is 42.5 Å². The molecule has 6 heteroatoms. The second kappa shape index (κ2) is 8.27. The first kappa shape index (κ1) is 19.4. The van der Waals surface area contributed by atoms with E-state index in [1.807, 2.05) is 12.1 Å². The predicted octanol–water partition coefficient (Wildman–Crippen LogP) is 5.26. The molecule has 2 fully saturated rings. The Morgan fingerprint density at radius 1 is 1.00 bits per heavy atom. The third-order valence-corrected chi connectivity index (χ3v) is 7.08. The molecule has 2 aliphatic heterocycles. The van der Waals surface area contributed by atoms with Gasteiger partial charge in [-0.15, -0.1) is 0 Å². The van der Waals surface area contributed by atoms with Gasteiger partial charge in [-0.1, -0.05) is 53.5 Å². The quantitative estimate of drug-likeness (QED) is 0.615. The van der Waals surface area contributed by atoms with Gasteiger partial charge in [0.25, 0.3) is 0 Å². The molecule has 0 spiro atoms. The van der Waals surface area contributed by atoms with Gasteiger partial charge in [-0.25, -0.2) is 4.98 Å². The lowest BCUT2D eigenvalue weighted by molar-refractivity contribution is 0.179. The Balaban J connectivity index is 1.42. The molecule has 1 unspecified atom stereocenters. The molecule has 0 radical (unpaired) electrons. The van der Waals surface area contributed by atoms with E-state index in [4.69, 9.17) is 28.2 Å². The fourth-order valence-electron chi connectivity index (χ4n) is 4.83. The summed E-state index contributed by atoms with van der Waals surface area (Å²) in [6.07, 6.45) is 3.40. The van der Waals surface area contributed by atoms with Crippen molar-refractivity contribution >= 4 is 34.2 Å². The van der Waals surface area contributed by atoms with E-state index < -0.39 is 0 Å². The number of halogens is 2. The van der Waals surface area contributed by atoms with Crippen LogP contribution in [0.3, 0.4) is 0 Å². The Labute approximate surface area is 181 Å². The molecular weight excluding hydrogens is 403 g/mol. The molecule has 5 rings (SSSR count). The zero-order valence-corrected chi connectivity index (χ0v) is 18.0. The van der Waals surface area contributed by atoms with Crippen molar-refractivity contribution in [3.05, 3.63) is 63.9 Å². The zero-order chi connectivity index (χ0) is 19.8. The molecule has 0 amide bonds. The molecule has 0 saturated carbocycles. The van der Waals surface area contributed by atoms with Gasteiger partial charge in [0.05, 0.1) is 21.1 Å². The number of benzene rings is 2. The van der Waals surface area contributed by atoms with Gasteiger partial charge < -0.3 is 9.88 Å². The van der Waals surface area contributed by atoms with E-state index in [2.05, 4.69) is 45.1 Å². The summed E-state index contributed by atoms with van der Waals surface area (Å²) in [7, 11) is 0. The standard InChI is InChI=1S/C23H26Cl2N4/c24-19-12-21-22(13-20(19)25)29(23(27-21)17-6-9-26-14-17)18-7-10-28(11-8-18)15-16-4-2-1-3-5-16/h1-5,12-13,17-18,26H,6-11,14-15H2. The molecule has 3 heterocycles. The predicted molar refractivity (Wildman–Crippen MR) is 120 cm³/mol. The van der Waals surface area contributed by atoms with Crippen LogP contribution >= 0.6 is 23.2 Å². The smallest absolute Gasteiger partial charge is 0.114 e. The first-order valence-electron chi connectivity index (χ1n) is 10.5. The lowest BCUT2D eigenvalue weighted by Crippen LogP contribution is -2.34. The van der Waals surface area contributed by atoms with Crippen LogP contribution in [0.1, 0.15) is 42.6 Å². The molecule has 0 bridgehead atoms. The van der Waals surface area contributed by atoms with Crippen LogP contribution < -0.4 is 5.32 Å². The summed E-state index contributed by atoms with van der Waals surface area (Å²) in [5.74, 6) is 1.66. The van der Waals surface area contributed by atoms with Crippen molar-refractivity contribution in [1.82, 2.24) is 19.8 Å². The number of nitrogens with zero attached hydrogens (tertiary/aromatic N) is 3. The fraction of sp³-hybridized carbons (Fsp3) is 0.435. The first-order chi connectivity index (χ1) is 14.2. The van der Waals surface area contributed by atoms with Crippen molar-refractivity contribution in [3.63, 3.8) is 0 Å². The zero-order valence-electron chi connectivity index (χ0n) is 16.5. The van der Waals surface area contributed by atoms with Crippen molar-refractivity contribution in [2.24, 2.45) is 0 Å². The second-order valence-corrected chi connectivity index (χ2v) is 9.09. The van der Waals surface area contributed by atoms with Gasteiger partial charge in [-0.2, -0.15) is 0 Å². The Morgan fingerprint density at radius 2 is 1.76 bits per heavy atom. The topological polar surface area (TPSA) is 33.1 Å². The molecule has 1 N–H and O–H groups in total. The Hall–Kier alpha value is -1.59. The average molecular weight is 429 g/mol. The third-order valence-electron chi connectivity index (χ3n) is 6.36. The van der Waals surface area contributed by atoms with Crippen LogP contribution in [0, 0.1) is 0 Å². The molecule has 152 valence electrons. The van der Waals surface area contributed by atoms with Crippen molar-refractivity contribution in [3.8, 4) is 0 Å². The number of piperidine rings is 1. The molecule has 2 aromatic carbocycles. The van der Waals surface area contributed by atoms with Crippen LogP contribution in [0.2, 0.25) is 10.0 Å². The van der Waals surface area contributed by atoms with Crippen LogP contribution in [0.25, 0.3) is 11.0 Å². The minimum absolute atomic E-state index is 0.458.